The molecule has 2 aromatic rings. The second-order valence-corrected chi connectivity index (χ2v) is 8.45. The van der Waals surface area contributed by atoms with E-state index in [1.54, 1.807) is 0 Å². The van der Waals surface area contributed by atoms with Crippen LogP contribution in [0.4, 0.5) is 0 Å². The molecule has 0 unspecified atom stereocenters. The summed E-state index contributed by atoms with van der Waals surface area (Å²) in [5.41, 5.74) is 0.194. The van der Waals surface area contributed by atoms with Crippen molar-refractivity contribution in [3.05, 3.63) is 53.5 Å². The number of benzene rings is 1. The molecule has 1 aromatic heterocycles. The van der Waals surface area contributed by atoms with Crippen molar-refractivity contribution in [2.45, 2.75) is 30.7 Å². The summed E-state index contributed by atoms with van der Waals surface area (Å²) in [4.78, 5) is 11.6. The van der Waals surface area contributed by atoms with Gasteiger partial charge in [-0.1, -0.05) is 13.0 Å². The molecule has 1 aliphatic carbocycles. The minimum absolute atomic E-state index is 0.0421. The van der Waals surface area contributed by atoms with E-state index in [0.29, 0.717) is 17.6 Å². The largest absolute Gasteiger partial charge is 0.465 e. The summed E-state index contributed by atoms with van der Waals surface area (Å²) in [6.07, 6.45) is 1.11. The van der Waals surface area contributed by atoms with Gasteiger partial charge in [0.1, 0.15) is 11.5 Å². The highest BCUT2D eigenvalue weighted by molar-refractivity contribution is 7.89. The number of ether oxygens (including phenoxy) is 1. The Kier molecular flexibility index (Phi) is 4.71. The van der Waals surface area contributed by atoms with E-state index in [2.05, 4.69) is 11.7 Å². The number of hydrogen-bond donors (Lipinski definition) is 0. The van der Waals surface area contributed by atoms with E-state index in [1.165, 1.54) is 42.7 Å². The van der Waals surface area contributed by atoms with E-state index in [-0.39, 0.29) is 17.0 Å². The van der Waals surface area contributed by atoms with Gasteiger partial charge < -0.3 is 9.15 Å². The van der Waals surface area contributed by atoms with Gasteiger partial charge in [0.2, 0.25) is 10.0 Å². The highest BCUT2D eigenvalue weighted by Crippen LogP contribution is 2.47. The van der Waals surface area contributed by atoms with Crippen LogP contribution in [0.3, 0.4) is 0 Å². The molecule has 0 N–H and O–H groups in total. The molecular weight excluding hydrogens is 342 g/mol. The first-order valence-corrected chi connectivity index (χ1v) is 9.50. The Balaban J connectivity index is 1.77. The molecule has 2 atom stereocenters. The molecule has 6 nitrogen and oxygen atoms in total. The lowest BCUT2D eigenvalue weighted by Gasteiger charge is -2.16. The molecule has 3 rings (SSSR count). The van der Waals surface area contributed by atoms with E-state index in [1.807, 2.05) is 12.1 Å². The van der Waals surface area contributed by atoms with Gasteiger partial charge in [-0.15, -0.1) is 0 Å². The number of esters is 1. The van der Waals surface area contributed by atoms with Crippen LogP contribution in [0.15, 0.2) is 45.7 Å². The maximum Gasteiger partial charge on any atom is 0.337 e. The molecule has 7 heteroatoms. The van der Waals surface area contributed by atoms with Crippen molar-refractivity contribution >= 4 is 16.0 Å². The van der Waals surface area contributed by atoms with Gasteiger partial charge in [-0.3, -0.25) is 0 Å². The van der Waals surface area contributed by atoms with E-state index in [9.17, 15) is 13.2 Å². The highest BCUT2D eigenvalue weighted by atomic mass is 32.2. The predicted octanol–water partition coefficient (Wildman–Crippen LogP) is 3.01. The minimum Gasteiger partial charge on any atom is -0.465 e. The smallest absolute Gasteiger partial charge is 0.337 e. The first-order valence-electron chi connectivity index (χ1n) is 8.06. The Hall–Kier alpha value is -2.12. The molecule has 134 valence electrons. The summed E-state index contributed by atoms with van der Waals surface area (Å²) < 4.78 is 37.1. The number of rotatable bonds is 6. The summed E-state index contributed by atoms with van der Waals surface area (Å²) in [5, 5.41) is 0. The van der Waals surface area contributed by atoms with E-state index in [0.717, 1.165) is 12.2 Å². The number of furan rings is 1. The van der Waals surface area contributed by atoms with E-state index >= 15 is 0 Å². The van der Waals surface area contributed by atoms with Crippen LogP contribution in [0.2, 0.25) is 0 Å². The van der Waals surface area contributed by atoms with Crippen LogP contribution in [-0.2, 0) is 21.3 Å². The number of nitrogens with zero attached hydrogens (tertiary/aromatic N) is 1. The van der Waals surface area contributed by atoms with Crippen LogP contribution < -0.4 is 0 Å². The minimum atomic E-state index is -3.74. The number of methoxy groups -OCH3 is 1. The molecule has 25 heavy (non-hydrogen) atoms. The number of carbonyl (C=O) groups excluding carboxylic acids is 1. The summed E-state index contributed by atoms with van der Waals surface area (Å²) in [6.45, 7) is 2.30. The van der Waals surface area contributed by atoms with Crippen molar-refractivity contribution in [2.24, 2.45) is 5.92 Å². The van der Waals surface area contributed by atoms with Crippen LogP contribution in [0.25, 0.3) is 0 Å². The highest BCUT2D eigenvalue weighted by Gasteiger charge is 2.36. The van der Waals surface area contributed by atoms with Crippen molar-refractivity contribution < 1.29 is 22.4 Å². The van der Waals surface area contributed by atoms with Crippen molar-refractivity contribution in [1.29, 1.82) is 0 Å². The number of hydrogen-bond acceptors (Lipinski definition) is 5. The third kappa shape index (κ3) is 3.62. The Morgan fingerprint density at radius 2 is 2.04 bits per heavy atom. The Bertz CT molecular complexity index is 886. The van der Waals surface area contributed by atoms with Crippen LogP contribution in [0.1, 0.15) is 41.1 Å². The molecule has 0 spiro atoms. The van der Waals surface area contributed by atoms with Gasteiger partial charge in [-0.25, -0.2) is 13.2 Å². The van der Waals surface area contributed by atoms with Crippen LogP contribution in [0, 0.1) is 5.92 Å². The van der Waals surface area contributed by atoms with Crippen molar-refractivity contribution in [1.82, 2.24) is 4.31 Å². The third-order valence-corrected chi connectivity index (χ3v) is 6.30. The molecule has 0 radical (unpaired) electrons. The van der Waals surface area contributed by atoms with Gasteiger partial charge in [-0.05, 0) is 42.7 Å². The Labute approximate surface area is 147 Å². The van der Waals surface area contributed by atoms with Crippen LogP contribution in [0.5, 0.6) is 0 Å². The average molecular weight is 363 g/mol. The predicted molar refractivity (Wildman–Crippen MR) is 91.7 cm³/mol. The van der Waals surface area contributed by atoms with Crippen molar-refractivity contribution in [3.8, 4) is 0 Å². The van der Waals surface area contributed by atoms with Crippen molar-refractivity contribution in [2.75, 3.05) is 14.2 Å². The fourth-order valence-corrected chi connectivity index (χ4v) is 3.97. The molecule has 1 aromatic carbocycles. The van der Waals surface area contributed by atoms with Crippen LogP contribution >= 0.6 is 0 Å². The second kappa shape index (κ2) is 6.65. The first-order chi connectivity index (χ1) is 11.8. The topological polar surface area (TPSA) is 76.8 Å². The zero-order chi connectivity index (χ0) is 18.2. The zero-order valence-corrected chi connectivity index (χ0v) is 15.2. The maximum absolute atomic E-state index is 12.7. The number of carbonyl (C=O) groups is 1. The SMILES string of the molecule is COC(=O)c1cccc(S(=O)(=O)N(C)Cc2ccc([C@@H]3C[C@H]3C)o2)c1. The van der Waals surface area contributed by atoms with Gasteiger partial charge in [0, 0.05) is 13.0 Å². The summed E-state index contributed by atoms with van der Waals surface area (Å²) in [7, 11) is -0.999. The Morgan fingerprint density at radius 1 is 1.32 bits per heavy atom. The molecule has 1 saturated carbocycles. The summed E-state index contributed by atoms with van der Waals surface area (Å²) in [6, 6.07) is 9.54. The second-order valence-electron chi connectivity index (χ2n) is 6.40. The lowest BCUT2D eigenvalue weighted by atomic mass is 10.2. The lowest BCUT2D eigenvalue weighted by Crippen LogP contribution is -2.26. The summed E-state index contributed by atoms with van der Waals surface area (Å²) >= 11 is 0. The van der Waals surface area contributed by atoms with Gasteiger partial charge in [0.05, 0.1) is 24.1 Å². The fourth-order valence-electron chi connectivity index (χ4n) is 2.78. The molecule has 0 amide bonds. The Morgan fingerprint density at radius 3 is 2.68 bits per heavy atom. The van der Waals surface area contributed by atoms with Gasteiger partial charge in [-0.2, -0.15) is 4.31 Å². The summed E-state index contributed by atoms with van der Waals surface area (Å²) in [5.74, 6) is 2.02. The molecule has 0 aliphatic heterocycles. The van der Waals surface area contributed by atoms with Gasteiger partial charge in [0.15, 0.2) is 0 Å². The molecule has 1 fully saturated rings. The standard InChI is InChI=1S/C18H21NO5S/c1-12-9-16(12)17-8-7-14(24-17)11-19(2)25(21,22)15-6-4-5-13(10-15)18(20)23-3/h4-8,10,12,16H,9,11H2,1-3H3/t12-,16-/m1/s1. The molecule has 1 heterocycles. The zero-order valence-electron chi connectivity index (χ0n) is 14.4. The van der Waals surface area contributed by atoms with Gasteiger partial charge in [0.25, 0.3) is 0 Å². The molecular formula is C18H21NO5S. The van der Waals surface area contributed by atoms with E-state index < -0.39 is 16.0 Å². The first kappa shape index (κ1) is 17.7. The van der Waals surface area contributed by atoms with Crippen LogP contribution in [-0.4, -0.2) is 32.8 Å². The quantitative estimate of drug-likeness (QED) is 0.738. The van der Waals surface area contributed by atoms with Gasteiger partial charge >= 0.3 is 5.97 Å². The third-order valence-electron chi connectivity index (χ3n) is 4.50. The number of sulfonamides is 1. The average Bonchev–Trinajstić information content (AvgIpc) is 3.15. The normalized spacial score (nSPS) is 19.8. The van der Waals surface area contributed by atoms with Crippen molar-refractivity contribution in [3.63, 3.8) is 0 Å². The fraction of sp³-hybridized carbons (Fsp3) is 0.389. The maximum atomic E-state index is 12.7. The molecule has 0 bridgehead atoms. The molecule has 0 saturated heterocycles. The monoisotopic (exact) mass is 363 g/mol. The van der Waals surface area contributed by atoms with E-state index in [4.69, 9.17) is 4.42 Å². The molecule has 1 aliphatic rings. The lowest BCUT2D eigenvalue weighted by molar-refractivity contribution is 0.0600.